The Morgan fingerprint density at radius 1 is 0.957 bits per heavy atom. The van der Waals surface area contributed by atoms with Gasteiger partial charge in [-0.1, -0.05) is 36.4 Å². The fraction of sp³-hybridized carbons (Fsp3) is 0.250. The fourth-order valence-corrected chi connectivity index (χ4v) is 3.32. The van der Waals surface area contributed by atoms with E-state index in [0.29, 0.717) is 0 Å². The maximum atomic E-state index is 5.50. The quantitative estimate of drug-likeness (QED) is 0.714. The molecule has 0 unspecified atom stereocenters. The summed E-state index contributed by atoms with van der Waals surface area (Å²) in [4.78, 5) is 6.94. The minimum absolute atomic E-state index is 0.790. The molecule has 3 nitrogen and oxygen atoms in total. The molecule has 2 heterocycles. The standard InChI is InChI=1S/C20H20N2O/c1-15-20(18-7-6-16-4-2-3-5-17(16)14-18)19(8-9-21-15)22-10-12-23-13-11-22/h2-9,14H,10-13H2,1H3. The van der Waals surface area contributed by atoms with Crippen LogP contribution in [0.5, 0.6) is 0 Å². The monoisotopic (exact) mass is 304 g/mol. The second kappa shape index (κ2) is 6.01. The van der Waals surface area contributed by atoms with Crippen LogP contribution in [-0.4, -0.2) is 31.3 Å². The molecular weight excluding hydrogens is 284 g/mol. The number of hydrogen-bond donors (Lipinski definition) is 0. The van der Waals surface area contributed by atoms with Crippen molar-refractivity contribution < 1.29 is 4.74 Å². The Morgan fingerprint density at radius 3 is 2.57 bits per heavy atom. The average molecular weight is 304 g/mol. The number of anilines is 1. The summed E-state index contributed by atoms with van der Waals surface area (Å²) >= 11 is 0. The predicted octanol–water partition coefficient (Wildman–Crippen LogP) is 4.05. The third-order valence-corrected chi connectivity index (χ3v) is 4.51. The number of hydrogen-bond acceptors (Lipinski definition) is 3. The van der Waals surface area contributed by atoms with Gasteiger partial charge in [-0.2, -0.15) is 0 Å². The van der Waals surface area contributed by atoms with Crippen LogP contribution in [0.25, 0.3) is 21.9 Å². The van der Waals surface area contributed by atoms with Crippen molar-refractivity contribution in [3.63, 3.8) is 0 Å². The van der Waals surface area contributed by atoms with Gasteiger partial charge in [0.05, 0.1) is 13.2 Å². The van der Waals surface area contributed by atoms with Crippen molar-refractivity contribution >= 4 is 16.5 Å². The molecule has 3 aromatic rings. The number of morpholine rings is 1. The number of rotatable bonds is 2. The molecule has 0 N–H and O–H groups in total. The van der Waals surface area contributed by atoms with E-state index in [0.717, 1.165) is 32.0 Å². The van der Waals surface area contributed by atoms with Crippen molar-refractivity contribution in [3.8, 4) is 11.1 Å². The number of pyridine rings is 1. The Morgan fingerprint density at radius 2 is 1.74 bits per heavy atom. The van der Waals surface area contributed by atoms with Gasteiger partial charge in [0, 0.05) is 36.2 Å². The van der Waals surface area contributed by atoms with Gasteiger partial charge in [0.15, 0.2) is 0 Å². The highest BCUT2D eigenvalue weighted by Crippen LogP contribution is 2.34. The highest BCUT2D eigenvalue weighted by atomic mass is 16.5. The molecule has 1 aliphatic heterocycles. The molecule has 1 aliphatic rings. The van der Waals surface area contributed by atoms with Gasteiger partial charge in [-0.25, -0.2) is 0 Å². The van der Waals surface area contributed by atoms with Crippen LogP contribution < -0.4 is 4.90 Å². The van der Waals surface area contributed by atoms with Gasteiger partial charge < -0.3 is 9.64 Å². The zero-order chi connectivity index (χ0) is 15.6. The molecule has 1 aromatic heterocycles. The number of aromatic nitrogens is 1. The van der Waals surface area contributed by atoms with E-state index in [2.05, 4.69) is 65.3 Å². The van der Waals surface area contributed by atoms with Gasteiger partial charge in [0.1, 0.15) is 0 Å². The number of ether oxygens (including phenoxy) is 1. The maximum Gasteiger partial charge on any atom is 0.0642 e. The lowest BCUT2D eigenvalue weighted by Gasteiger charge is -2.31. The fourth-order valence-electron chi connectivity index (χ4n) is 3.32. The van der Waals surface area contributed by atoms with Gasteiger partial charge in [0.2, 0.25) is 0 Å². The first-order valence-corrected chi connectivity index (χ1v) is 8.10. The minimum Gasteiger partial charge on any atom is -0.378 e. The maximum absolute atomic E-state index is 5.50. The lowest BCUT2D eigenvalue weighted by molar-refractivity contribution is 0.122. The molecule has 0 atom stereocenters. The van der Waals surface area contributed by atoms with Crippen LogP contribution in [0.4, 0.5) is 5.69 Å². The van der Waals surface area contributed by atoms with E-state index in [-0.39, 0.29) is 0 Å². The Kier molecular flexibility index (Phi) is 3.72. The minimum atomic E-state index is 0.790. The van der Waals surface area contributed by atoms with E-state index < -0.39 is 0 Å². The summed E-state index contributed by atoms with van der Waals surface area (Å²) in [5.41, 5.74) is 4.80. The lowest BCUT2D eigenvalue weighted by atomic mass is 9.98. The molecule has 1 saturated heterocycles. The van der Waals surface area contributed by atoms with Crippen molar-refractivity contribution in [2.75, 3.05) is 31.2 Å². The van der Waals surface area contributed by atoms with E-state index in [1.165, 1.54) is 27.6 Å². The first-order valence-electron chi connectivity index (χ1n) is 8.10. The summed E-state index contributed by atoms with van der Waals surface area (Å²) in [6, 6.07) is 17.3. The van der Waals surface area contributed by atoms with E-state index in [1.807, 2.05) is 6.20 Å². The normalized spacial score (nSPS) is 15.1. The van der Waals surface area contributed by atoms with Gasteiger partial charge in [-0.3, -0.25) is 4.98 Å². The molecule has 3 heteroatoms. The molecule has 23 heavy (non-hydrogen) atoms. The molecule has 0 radical (unpaired) electrons. The highest BCUT2D eigenvalue weighted by Gasteiger charge is 2.17. The van der Waals surface area contributed by atoms with Crippen LogP contribution in [0.2, 0.25) is 0 Å². The molecule has 0 amide bonds. The molecular formula is C20H20N2O. The van der Waals surface area contributed by atoms with E-state index in [1.54, 1.807) is 0 Å². The van der Waals surface area contributed by atoms with Crippen LogP contribution in [0.3, 0.4) is 0 Å². The SMILES string of the molecule is Cc1nccc(N2CCOCC2)c1-c1ccc2ccccc2c1. The molecule has 116 valence electrons. The van der Waals surface area contributed by atoms with Crippen molar-refractivity contribution in [2.24, 2.45) is 0 Å². The smallest absolute Gasteiger partial charge is 0.0642 e. The van der Waals surface area contributed by atoms with Crippen LogP contribution in [-0.2, 0) is 4.74 Å². The van der Waals surface area contributed by atoms with Gasteiger partial charge in [0.25, 0.3) is 0 Å². The van der Waals surface area contributed by atoms with Crippen molar-refractivity contribution in [1.82, 2.24) is 4.98 Å². The number of fused-ring (bicyclic) bond motifs is 1. The Labute approximate surface area is 136 Å². The van der Waals surface area contributed by atoms with Gasteiger partial charge in [-0.05, 0) is 35.4 Å². The molecule has 1 fully saturated rings. The van der Waals surface area contributed by atoms with Gasteiger partial charge >= 0.3 is 0 Å². The zero-order valence-corrected chi connectivity index (χ0v) is 13.3. The Hall–Kier alpha value is -2.39. The van der Waals surface area contributed by atoms with E-state index in [9.17, 15) is 0 Å². The third-order valence-electron chi connectivity index (χ3n) is 4.51. The number of nitrogens with zero attached hydrogens (tertiary/aromatic N) is 2. The van der Waals surface area contributed by atoms with Crippen LogP contribution in [0, 0.1) is 6.92 Å². The third kappa shape index (κ3) is 2.68. The Bertz CT molecular complexity index is 838. The summed E-state index contributed by atoms with van der Waals surface area (Å²) in [5, 5.41) is 2.53. The largest absolute Gasteiger partial charge is 0.378 e. The average Bonchev–Trinajstić information content (AvgIpc) is 2.62. The molecule has 0 spiro atoms. The molecule has 0 saturated carbocycles. The first kappa shape index (κ1) is 14.2. The first-order chi connectivity index (χ1) is 11.3. The second-order valence-corrected chi connectivity index (χ2v) is 5.95. The summed E-state index contributed by atoms with van der Waals surface area (Å²) < 4.78 is 5.50. The van der Waals surface area contributed by atoms with Crippen molar-refractivity contribution in [3.05, 3.63) is 60.4 Å². The second-order valence-electron chi connectivity index (χ2n) is 5.95. The molecule has 4 rings (SSSR count). The lowest BCUT2D eigenvalue weighted by Crippen LogP contribution is -2.36. The van der Waals surface area contributed by atoms with Crippen LogP contribution in [0.15, 0.2) is 54.7 Å². The van der Waals surface area contributed by atoms with Crippen molar-refractivity contribution in [2.45, 2.75) is 6.92 Å². The molecule has 0 aliphatic carbocycles. The van der Waals surface area contributed by atoms with Crippen LogP contribution >= 0.6 is 0 Å². The molecule has 2 aromatic carbocycles. The Balaban J connectivity index is 1.85. The zero-order valence-electron chi connectivity index (χ0n) is 13.3. The van der Waals surface area contributed by atoms with E-state index in [4.69, 9.17) is 4.74 Å². The number of aryl methyl sites for hydroxylation is 1. The predicted molar refractivity (Wildman–Crippen MR) is 94.9 cm³/mol. The van der Waals surface area contributed by atoms with Crippen molar-refractivity contribution in [1.29, 1.82) is 0 Å². The summed E-state index contributed by atoms with van der Waals surface area (Å²) in [5.74, 6) is 0. The summed E-state index contributed by atoms with van der Waals surface area (Å²) in [6.07, 6.45) is 1.91. The van der Waals surface area contributed by atoms with Gasteiger partial charge in [-0.15, -0.1) is 0 Å². The van der Waals surface area contributed by atoms with E-state index >= 15 is 0 Å². The highest BCUT2D eigenvalue weighted by molar-refractivity contribution is 5.90. The topological polar surface area (TPSA) is 25.4 Å². The summed E-state index contributed by atoms with van der Waals surface area (Å²) in [7, 11) is 0. The summed E-state index contributed by atoms with van der Waals surface area (Å²) in [6.45, 7) is 5.54. The van der Waals surface area contributed by atoms with Crippen LogP contribution in [0.1, 0.15) is 5.69 Å². The molecule has 0 bridgehead atoms. The number of benzene rings is 2.